The van der Waals surface area contributed by atoms with E-state index in [-0.39, 0.29) is 17.8 Å². The summed E-state index contributed by atoms with van der Waals surface area (Å²) in [7, 11) is 1.95. The third-order valence-corrected chi connectivity index (χ3v) is 2.63. The molecule has 2 N–H and O–H groups in total. The maximum atomic E-state index is 11.7. The van der Waals surface area contributed by atoms with Crippen LogP contribution in [0.3, 0.4) is 0 Å². The molecule has 1 aromatic heterocycles. The molecule has 1 aromatic rings. The molecule has 2 heterocycles. The van der Waals surface area contributed by atoms with Gasteiger partial charge in [0, 0.05) is 18.7 Å². The minimum atomic E-state index is -0.993. The van der Waals surface area contributed by atoms with E-state index in [2.05, 4.69) is 14.9 Å². The van der Waals surface area contributed by atoms with Crippen molar-refractivity contribution in [3.8, 4) is 0 Å². The van der Waals surface area contributed by atoms with Crippen molar-refractivity contribution in [1.29, 1.82) is 0 Å². The lowest BCUT2D eigenvalue weighted by Gasteiger charge is -2.23. The van der Waals surface area contributed by atoms with Gasteiger partial charge in [-0.15, -0.1) is 0 Å². The number of hydrogen-bond donors (Lipinski definition) is 2. The molecule has 16 heavy (non-hydrogen) atoms. The average molecular weight is 223 g/mol. The van der Waals surface area contributed by atoms with Crippen LogP contribution in [-0.4, -0.2) is 39.5 Å². The SMILES string of the molecule is CN1CCc2c(nc(CC(=O)O)[nH]c2=O)C1. The van der Waals surface area contributed by atoms with Crippen molar-refractivity contribution in [3.63, 3.8) is 0 Å². The smallest absolute Gasteiger partial charge is 0.311 e. The van der Waals surface area contributed by atoms with Crippen LogP contribution in [0.2, 0.25) is 0 Å². The van der Waals surface area contributed by atoms with Gasteiger partial charge in [-0.25, -0.2) is 4.98 Å². The molecule has 0 saturated heterocycles. The van der Waals surface area contributed by atoms with Gasteiger partial charge < -0.3 is 15.0 Å². The number of aliphatic carboxylic acids is 1. The first-order valence-electron chi connectivity index (χ1n) is 5.07. The Hall–Kier alpha value is -1.69. The zero-order valence-corrected chi connectivity index (χ0v) is 8.99. The second kappa shape index (κ2) is 4.05. The number of nitrogens with one attached hydrogen (secondary N) is 1. The zero-order chi connectivity index (χ0) is 11.7. The number of H-pyrrole nitrogens is 1. The number of carboxylic acids is 1. The van der Waals surface area contributed by atoms with Crippen LogP contribution in [0.1, 0.15) is 17.1 Å². The Bertz CT molecular complexity index is 481. The number of aromatic nitrogens is 2. The first kappa shape index (κ1) is 10.8. The standard InChI is InChI=1S/C10H13N3O3/c1-13-3-2-6-7(5-13)11-8(4-9(14)15)12-10(6)16/h2-5H2,1H3,(H,14,15)(H,11,12,16). The van der Waals surface area contributed by atoms with Crippen LogP contribution in [0, 0.1) is 0 Å². The number of nitrogens with zero attached hydrogens (tertiary/aromatic N) is 2. The molecule has 0 bridgehead atoms. The summed E-state index contributed by atoms with van der Waals surface area (Å²) in [6, 6.07) is 0. The van der Waals surface area contributed by atoms with Gasteiger partial charge >= 0.3 is 5.97 Å². The molecule has 0 unspecified atom stereocenters. The molecule has 0 fully saturated rings. The van der Waals surface area contributed by atoms with Gasteiger partial charge in [0.2, 0.25) is 0 Å². The van der Waals surface area contributed by atoms with E-state index in [0.29, 0.717) is 24.2 Å². The Labute approximate surface area is 91.9 Å². The van der Waals surface area contributed by atoms with Crippen LogP contribution in [0.4, 0.5) is 0 Å². The number of likely N-dealkylation sites (N-methyl/N-ethyl adjacent to an activating group) is 1. The summed E-state index contributed by atoms with van der Waals surface area (Å²) in [6.07, 6.45) is 0.424. The van der Waals surface area contributed by atoms with Crippen LogP contribution in [0.15, 0.2) is 4.79 Å². The van der Waals surface area contributed by atoms with Crippen molar-refractivity contribution in [1.82, 2.24) is 14.9 Å². The lowest BCUT2D eigenvalue weighted by molar-refractivity contribution is -0.136. The van der Waals surface area contributed by atoms with Gasteiger partial charge in [-0.2, -0.15) is 0 Å². The number of aromatic amines is 1. The Morgan fingerprint density at radius 2 is 2.38 bits per heavy atom. The molecule has 2 rings (SSSR count). The van der Waals surface area contributed by atoms with E-state index < -0.39 is 5.97 Å². The van der Waals surface area contributed by atoms with Crippen molar-refractivity contribution in [2.75, 3.05) is 13.6 Å². The van der Waals surface area contributed by atoms with Gasteiger partial charge in [-0.3, -0.25) is 9.59 Å². The first-order valence-corrected chi connectivity index (χ1v) is 5.07. The summed E-state index contributed by atoms with van der Waals surface area (Å²) in [5.74, 6) is -0.765. The van der Waals surface area contributed by atoms with Gasteiger partial charge in [0.15, 0.2) is 0 Å². The highest BCUT2D eigenvalue weighted by Crippen LogP contribution is 2.11. The molecular weight excluding hydrogens is 210 g/mol. The number of fused-ring (bicyclic) bond motifs is 1. The second-order valence-corrected chi connectivity index (χ2v) is 4.00. The molecule has 0 aromatic carbocycles. The van der Waals surface area contributed by atoms with Crippen molar-refractivity contribution >= 4 is 5.97 Å². The number of rotatable bonds is 2. The van der Waals surface area contributed by atoms with Crippen LogP contribution in [0.25, 0.3) is 0 Å². The average Bonchev–Trinajstić information content (AvgIpc) is 2.15. The fraction of sp³-hybridized carbons (Fsp3) is 0.500. The van der Waals surface area contributed by atoms with Gasteiger partial charge in [0.25, 0.3) is 5.56 Å². The molecule has 6 heteroatoms. The van der Waals surface area contributed by atoms with Gasteiger partial charge in [-0.05, 0) is 13.5 Å². The largest absolute Gasteiger partial charge is 0.481 e. The summed E-state index contributed by atoms with van der Waals surface area (Å²) in [4.78, 5) is 31.0. The van der Waals surface area contributed by atoms with E-state index in [1.165, 1.54) is 0 Å². The molecule has 0 radical (unpaired) electrons. The van der Waals surface area contributed by atoms with E-state index in [4.69, 9.17) is 5.11 Å². The van der Waals surface area contributed by atoms with Crippen LogP contribution in [0.5, 0.6) is 0 Å². The third kappa shape index (κ3) is 2.11. The summed E-state index contributed by atoms with van der Waals surface area (Å²) in [5, 5.41) is 8.64. The Kier molecular flexibility index (Phi) is 2.74. The quantitative estimate of drug-likeness (QED) is 0.698. The van der Waals surface area contributed by atoms with Gasteiger partial charge in [0.05, 0.1) is 5.69 Å². The van der Waals surface area contributed by atoms with E-state index in [1.807, 2.05) is 7.05 Å². The molecule has 0 atom stereocenters. The second-order valence-electron chi connectivity index (χ2n) is 4.00. The fourth-order valence-corrected chi connectivity index (χ4v) is 1.85. The Balaban J connectivity index is 2.39. The van der Waals surface area contributed by atoms with E-state index in [1.54, 1.807) is 0 Å². The molecular formula is C10H13N3O3. The Morgan fingerprint density at radius 1 is 1.62 bits per heavy atom. The molecule has 86 valence electrons. The van der Waals surface area contributed by atoms with E-state index >= 15 is 0 Å². The topological polar surface area (TPSA) is 86.3 Å². The highest BCUT2D eigenvalue weighted by atomic mass is 16.4. The summed E-state index contributed by atoms with van der Waals surface area (Å²) in [6.45, 7) is 1.43. The first-order chi connectivity index (χ1) is 7.56. The molecule has 0 aliphatic carbocycles. The summed E-state index contributed by atoms with van der Waals surface area (Å²) in [5.41, 5.74) is 1.19. The van der Waals surface area contributed by atoms with Gasteiger partial charge in [-0.1, -0.05) is 0 Å². The lowest BCUT2D eigenvalue weighted by atomic mass is 10.1. The van der Waals surface area contributed by atoms with Gasteiger partial charge in [0.1, 0.15) is 12.2 Å². The number of carboxylic acid groups (broad SMARTS) is 1. The minimum absolute atomic E-state index is 0.200. The highest BCUT2D eigenvalue weighted by Gasteiger charge is 2.19. The molecule has 6 nitrogen and oxygen atoms in total. The normalized spacial score (nSPS) is 15.8. The number of carbonyl (C=O) groups is 1. The monoisotopic (exact) mass is 223 g/mol. The Morgan fingerprint density at radius 3 is 3.06 bits per heavy atom. The van der Waals surface area contributed by atoms with Crippen LogP contribution < -0.4 is 5.56 Å². The zero-order valence-electron chi connectivity index (χ0n) is 8.99. The van der Waals surface area contributed by atoms with Crippen molar-refractivity contribution in [2.24, 2.45) is 0 Å². The molecule has 1 aliphatic rings. The molecule has 0 amide bonds. The van der Waals surface area contributed by atoms with E-state index in [0.717, 1.165) is 6.54 Å². The maximum absolute atomic E-state index is 11.7. The predicted octanol–water partition coefficient (Wildman–Crippen LogP) is -0.615. The van der Waals surface area contributed by atoms with Crippen LogP contribution >= 0.6 is 0 Å². The molecule has 0 spiro atoms. The predicted molar refractivity (Wildman–Crippen MR) is 56.2 cm³/mol. The van der Waals surface area contributed by atoms with Crippen LogP contribution in [-0.2, 0) is 24.2 Å². The summed E-state index contributed by atoms with van der Waals surface area (Å²) < 4.78 is 0. The van der Waals surface area contributed by atoms with Crippen molar-refractivity contribution in [3.05, 3.63) is 27.4 Å². The maximum Gasteiger partial charge on any atom is 0.311 e. The fourth-order valence-electron chi connectivity index (χ4n) is 1.85. The highest BCUT2D eigenvalue weighted by molar-refractivity contribution is 5.68. The summed E-state index contributed by atoms with van der Waals surface area (Å²) >= 11 is 0. The minimum Gasteiger partial charge on any atom is -0.481 e. The van der Waals surface area contributed by atoms with Crippen molar-refractivity contribution in [2.45, 2.75) is 19.4 Å². The van der Waals surface area contributed by atoms with E-state index in [9.17, 15) is 9.59 Å². The number of hydrogen-bond acceptors (Lipinski definition) is 4. The molecule has 0 saturated carbocycles. The lowest BCUT2D eigenvalue weighted by Crippen LogP contribution is -2.33. The third-order valence-electron chi connectivity index (χ3n) is 2.63. The van der Waals surface area contributed by atoms with Crippen molar-refractivity contribution < 1.29 is 9.90 Å². The molecule has 1 aliphatic heterocycles.